The topological polar surface area (TPSA) is 77.5 Å². The third kappa shape index (κ3) is 4.47. The van der Waals surface area contributed by atoms with E-state index in [4.69, 9.17) is 21.1 Å². The summed E-state index contributed by atoms with van der Waals surface area (Å²) < 4.78 is 10.2. The summed E-state index contributed by atoms with van der Waals surface area (Å²) in [7, 11) is 0. The monoisotopic (exact) mass is 298 g/mol. The number of rotatable bonds is 5. The molecule has 0 bridgehead atoms. The summed E-state index contributed by atoms with van der Waals surface area (Å²) in [5.74, 6) is -0.961. The number of carbonyl (C=O) groups excluding carboxylic acids is 2. The molecule has 1 aliphatic rings. The third-order valence-corrected chi connectivity index (χ3v) is 3.07. The molecule has 1 N–H and O–H groups in total. The first kappa shape index (κ1) is 14.7. The first-order valence-corrected chi connectivity index (χ1v) is 6.70. The number of esters is 1. The van der Waals surface area contributed by atoms with Crippen LogP contribution < -0.4 is 5.32 Å². The molecule has 0 saturated carbocycles. The predicted octanol–water partition coefficient (Wildman–Crippen LogP) is 1.19. The average Bonchev–Trinajstić information content (AvgIpc) is 2.96. The van der Waals surface area contributed by atoms with Gasteiger partial charge in [0.2, 0.25) is 0 Å². The maximum absolute atomic E-state index is 11.6. The molecule has 2 heterocycles. The lowest BCUT2D eigenvalue weighted by atomic mass is 10.2. The minimum atomic E-state index is -0.610. The van der Waals surface area contributed by atoms with Gasteiger partial charge in [0.05, 0.1) is 11.7 Å². The largest absolute Gasteiger partial charge is 0.452 e. The van der Waals surface area contributed by atoms with Gasteiger partial charge in [-0.3, -0.25) is 4.79 Å². The van der Waals surface area contributed by atoms with Crippen molar-refractivity contribution in [2.75, 3.05) is 19.8 Å². The van der Waals surface area contributed by atoms with Gasteiger partial charge in [-0.05, 0) is 25.0 Å². The summed E-state index contributed by atoms with van der Waals surface area (Å²) in [6.07, 6.45) is 3.32. The second kappa shape index (κ2) is 7.21. The summed E-state index contributed by atoms with van der Waals surface area (Å²) in [5, 5.41) is 2.95. The smallest absolute Gasteiger partial charge is 0.340 e. The first-order chi connectivity index (χ1) is 9.65. The Morgan fingerprint density at radius 1 is 1.50 bits per heavy atom. The summed E-state index contributed by atoms with van der Waals surface area (Å²) in [4.78, 5) is 26.9. The Morgan fingerprint density at radius 2 is 2.35 bits per heavy atom. The van der Waals surface area contributed by atoms with Gasteiger partial charge in [-0.1, -0.05) is 11.6 Å². The lowest BCUT2D eigenvalue weighted by Crippen LogP contribution is -2.34. The third-order valence-electron chi connectivity index (χ3n) is 2.85. The minimum Gasteiger partial charge on any atom is -0.452 e. The highest BCUT2D eigenvalue weighted by Crippen LogP contribution is 2.10. The van der Waals surface area contributed by atoms with E-state index in [0.29, 0.717) is 6.54 Å². The minimum absolute atomic E-state index is 0.0649. The van der Waals surface area contributed by atoms with Gasteiger partial charge in [0, 0.05) is 19.3 Å². The second-order valence-corrected chi connectivity index (χ2v) is 4.77. The Labute approximate surface area is 121 Å². The highest BCUT2D eigenvalue weighted by atomic mass is 35.5. The molecular weight excluding hydrogens is 284 g/mol. The summed E-state index contributed by atoms with van der Waals surface area (Å²) in [6.45, 7) is 0.853. The van der Waals surface area contributed by atoms with E-state index in [1.165, 1.54) is 18.3 Å². The van der Waals surface area contributed by atoms with Gasteiger partial charge in [-0.2, -0.15) is 0 Å². The first-order valence-electron chi connectivity index (χ1n) is 6.32. The van der Waals surface area contributed by atoms with Crippen LogP contribution in [0.25, 0.3) is 0 Å². The molecule has 1 aliphatic heterocycles. The maximum atomic E-state index is 11.6. The van der Waals surface area contributed by atoms with Crippen molar-refractivity contribution < 1.29 is 19.1 Å². The fourth-order valence-corrected chi connectivity index (χ4v) is 1.91. The van der Waals surface area contributed by atoms with Crippen molar-refractivity contribution >= 4 is 23.5 Å². The van der Waals surface area contributed by atoms with Crippen molar-refractivity contribution in [1.29, 1.82) is 0 Å². The number of hydrogen-bond donors (Lipinski definition) is 1. The number of nitrogens with zero attached hydrogens (tertiary/aromatic N) is 1. The molecule has 1 aromatic heterocycles. The zero-order valence-electron chi connectivity index (χ0n) is 10.8. The number of aromatic nitrogens is 1. The molecular formula is C13H15ClN2O4. The molecule has 1 atom stereocenters. The number of ether oxygens (including phenoxy) is 2. The van der Waals surface area contributed by atoms with Crippen molar-refractivity contribution in [2.24, 2.45) is 0 Å². The summed E-state index contributed by atoms with van der Waals surface area (Å²) >= 11 is 5.61. The SMILES string of the molecule is O=C(COC(=O)c1ccc(Cl)nc1)NCC1CCCO1. The number of hydrogen-bond acceptors (Lipinski definition) is 5. The van der Waals surface area contributed by atoms with Crippen LogP contribution in [-0.2, 0) is 14.3 Å². The van der Waals surface area contributed by atoms with Crippen LogP contribution in [-0.4, -0.2) is 42.7 Å². The molecule has 20 heavy (non-hydrogen) atoms. The molecule has 1 saturated heterocycles. The van der Waals surface area contributed by atoms with E-state index in [1.807, 2.05) is 0 Å². The van der Waals surface area contributed by atoms with Gasteiger partial charge < -0.3 is 14.8 Å². The molecule has 6 nitrogen and oxygen atoms in total. The number of amides is 1. The van der Waals surface area contributed by atoms with Gasteiger partial charge in [0.25, 0.3) is 5.91 Å². The van der Waals surface area contributed by atoms with Crippen LogP contribution >= 0.6 is 11.6 Å². The van der Waals surface area contributed by atoms with Crippen LogP contribution in [0.1, 0.15) is 23.2 Å². The molecule has 0 spiro atoms. The predicted molar refractivity (Wildman–Crippen MR) is 71.5 cm³/mol. The maximum Gasteiger partial charge on any atom is 0.340 e. The second-order valence-electron chi connectivity index (χ2n) is 4.38. The standard InChI is InChI=1S/C13H15ClN2O4/c14-11-4-3-9(6-15-11)13(18)20-8-12(17)16-7-10-2-1-5-19-10/h3-4,6,10H,1-2,5,7-8H2,(H,16,17). The zero-order valence-corrected chi connectivity index (χ0v) is 11.6. The molecule has 2 rings (SSSR count). The number of carbonyl (C=O) groups is 2. The van der Waals surface area contributed by atoms with Crippen molar-refractivity contribution in [1.82, 2.24) is 10.3 Å². The Hall–Kier alpha value is -1.66. The molecule has 108 valence electrons. The van der Waals surface area contributed by atoms with Crippen molar-refractivity contribution in [3.8, 4) is 0 Å². The van der Waals surface area contributed by atoms with Crippen molar-refractivity contribution in [3.63, 3.8) is 0 Å². The van der Waals surface area contributed by atoms with E-state index in [0.717, 1.165) is 19.4 Å². The number of pyridine rings is 1. The molecule has 0 aromatic carbocycles. The van der Waals surface area contributed by atoms with Crippen LogP contribution in [0, 0.1) is 0 Å². The van der Waals surface area contributed by atoms with Gasteiger partial charge in [-0.15, -0.1) is 0 Å². The Bertz CT molecular complexity index is 472. The molecule has 1 amide bonds. The van der Waals surface area contributed by atoms with Crippen LogP contribution in [0.15, 0.2) is 18.3 Å². The van der Waals surface area contributed by atoms with Crippen molar-refractivity contribution in [2.45, 2.75) is 18.9 Å². The normalized spacial score (nSPS) is 17.8. The molecule has 7 heteroatoms. The van der Waals surface area contributed by atoms with Crippen LogP contribution in [0.2, 0.25) is 5.15 Å². The average molecular weight is 299 g/mol. The van der Waals surface area contributed by atoms with E-state index in [9.17, 15) is 9.59 Å². The van der Waals surface area contributed by atoms with Crippen molar-refractivity contribution in [3.05, 3.63) is 29.0 Å². The van der Waals surface area contributed by atoms with Gasteiger partial charge in [0.15, 0.2) is 6.61 Å². The fraction of sp³-hybridized carbons (Fsp3) is 0.462. The van der Waals surface area contributed by atoms with Crippen LogP contribution in [0.3, 0.4) is 0 Å². The van der Waals surface area contributed by atoms with E-state index >= 15 is 0 Å². The van der Waals surface area contributed by atoms with E-state index < -0.39 is 5.97 Å². The van der Waals surface area contributed by atoms with Crippen LogP contribution in [0.5, 0.6) is 0 Å². The summed E-state index contributed by atoms with van der Waals surface area (Å²) in [5.41, 5.74) is 0.251. The molecule has 0 radical (unpaired) electrons. The highest BCUT2D eigenvalue weighted by molar-refractivity contribution is 6.29. The lowest BCUT2D eigenvalue weighted by Gasteiger charge is -2.10. The molecule has 0 aliphatic carbocycles. The lowest BCUT2D eigenvalue weighted by molar-refractivity contribution is -0.124. The van der Waals surface area contributed by atoms with E-state index in [-0.39, 0.29) is 29.3 Å². The Morgan fingerprint density at radius 3 is 3.00 bits per heavy atom. The quantitative estimate of drug-likeness (QED) is 0.652. The van der Waals surface area contributed by atoms with Crippen LogP contribution in [0.4, 0.5) is 0 Å². The Balaban J connectivity index is 1.69. The van der Waals surface area contributed by atoms with Gasteiger partial charge in [-0.25, -0.2) is 9.78 Å². The molecule has 1 unspecified atom stereocenters. The van der Waals surface area contributed by atoms with Gasteiger partial charge >= 0.3 is 5.97 Å². The molecule has 1 fully saturated rings. The number of halogens is 1. The van der Waals surface area contributed by atoms with E-state index in [1.54, 1.807) is 0 Å². The van der Waals surface area contributed by atoms with Gasteiger partial charge in [0.1, 0.15) is 5.15 Å². The fourth-order valence-electron chi connectivity index (χ4n) is 1.80. The zero-order chi connectivity index (χ0) is 14.4. The number of nitrogens with one attached hydrogen (secondary N) is 1. The highest BCUT2D eigenvalue weighted by Gasteiger charge is 2.17. The molecule has 1 aromatic rings. The summed E-state index contributed by atoms with van der Waals surface area (Å²) in [6, 6.07) is 2.97. The van der Waals surface area contributed by atoms with E-state index in [2.05, 4.69) is 10.3 Å². The Kier molecular flexibility index (Phi) is 5.31.